The smallest absolute Gasteiger partial charge is 0.106 e. The average Bonchev–Trinajstić information content (AvgIpc) is 2.77. The lowest BCUT2D eigenvalue weighted by atomic mass is 9.97. The van der Waals surface area contributed by atoms with Gasteiger partial charge in [-0.3, -0.25) is 0 Å². The molecule has 1 aliphatic rings. The van der Waals surface area contributed by atoms with Crippen molar-refractivity contribution in [1.29, 1.82) is 0 Å². The van der Waals surface area contributed by atoms with Gasteiger partial charge >= 0.3 is 0 Å². The van der Waals surface area contributed by atoms with Gasteiger partial charge in [-0.15, -0.1) is 0 Å². The first-order valence-corrected chi connectivity index (χ1v) is 8.50. The Kier molecular flexibility index (Phi) is 4.91. The molecule has 0 unspecified atom stereocenters. The zero-order valence-electron chi connectivity index (χ0n) is 13.1. The first kappa shape index (κ1) is 14.6. The van der Waals surface area contributed by atoms with E-state index >= 15 is 0 Å². The largest absolute Gasteiger partial charge is 0.327 e. The van der Waals surface area contributed by atoms with Gasteiger partial charge in [0.2, 0.25) is 0 Å². The minimum Gasteiger partial charge on any atom is -0.327 e. The second-order valence-electron chi connectivity index (χ2n) is 6.30. The number of hydrogen-bond donors (Lipinski definition) is 1. The van der Waals surface area contributed by atoms with Gasteiger partial charge in [-0.25, -0.2) is 4.98 Å². The Hall–Kier alpha value is -1.35. The number of benzene rings is 1. The second kappa shape index (κ2) is 7.08. The Morgan fingerprint density at radius 1 is 1.10 bits per heavy atom. The highest BCUT2D eigenvalue weighted by molar-refractivity contribution is 5.75. The lowest BCUT2D eigenvalue weighted by Crippen LogP contribution is -2.32. The van der Waals surface area contributed by atoms with E-state index in [0.29, 0.717) is 0 Å². The highest BCUT2D eigenvalue weighted by Crippen LogP contribution is 2.18. The highest BCUT2D eigenvalue weighted by Gasteiger charge is 2.11. The molecule has 1 aliphatic carbocycles. The number of imidazole rings is 1. The van der Waals surface area contributed by atoms with Crippen LogP contribution in [0.3, 0.4) is 0 Å². The number of aryl methyl sites for hydroxylation is 1. The molecule has 0 bridgehead atoms. The lowest BCUT2D eigenvalue weighted by Gasteiger charge is -2.21. The number of aromatic nitrogens is 2. The zero-order chi connectivity index (χ0) is 14.5. The topological polar surface area (TPSA) is 29.9 Å². The maximum absolute atomic E-state index is 4.64. The molecule has 0 spiro atoms. The van der Waals surface area contributed by atoms with Crippen molar-refractivity contribution in [2.45, 2.75) is 64.5 Å². The van der Waals surface area contributed by atoms with E-state index in [1.807, 2.05) is 0 Å². The molecule has 1 saturated carbocycles. The predicted molar refractivity (Wildman–Crippen MR) is 88.6 cm³/mol. The first-order valence-electron chi connectivity index (χ1n) is 8.50. The molecule has 1 aromatic carbocycles. The number of para-hydroxylation sites is 2. The molecule has 0 amide bonds. The standard InChI is InChI=1S/C18H27N3/c1-15-20-17-11-7-8-12-18(17)21(15)14-13-19-16-9-5-3-2-4-6-10-16/h7-8,11-12,16,19H,2-6,9-10,13-14H2,1H3. The monoisotopic (exact) mass is 285 g/mol. The summed E-state index contributed by atoms with van der Waals surface area (Å²) >= 11 is 0. The zero-order valence-corrected chi connectivity index (χ0v) is 13.1. The fraction of sp³-hybridized carbons (Fsp3) is 0.611. The summed E-state index contributed by atoms with van der Waals surface area (Å²) < 4.78 is 2.34. The minimum atomic E-state index is 0.723. The van der Waals surface area contributed by atoms with Gasteiger partial charge in [0.15, 0.2) is 0 Å². The third-order valence-electron chi connectivity index (χ3n) is 4.72. The maximum atomic E-state index is 4.64. The van der Waals surface area contributed by atoms with Crippen molar-refractivity contribution >= 4 is 11.0 Å². The van der Waals surface area contributed by atoms with Crippen molar-refractivity contribution < 1.29 is 0 Å². The first-order chi connectivity index (χ1) is 10.3. The SMILES string of the molecule is Cc1nc2ccccc2n1CCNC1CCCCCCC1. The number of nitrogens with zero attached hydrogens (tertiary/aromatic N) is 2. The molecule has 3 heteroatoms. The predicted octanol–water partition coefficient (Wildman–Crippen LogP) is 4.05. The van der Waals surface area contributed by atoms with E-state index in [1.54, 1.807) is 0 Å². The number of fused-ring (bicyclic) bond motifs is 1. The van der Waals surface area contributed by atoms with Crippen LogP contribution in [0.25, 0.3) is 11.0 Å². The molecule has 0 atom stereocenters. The molecule has 1 aromatic heterocycles. The van der Waals surface area contributed by atoms with E-state index < -0.39 is 0 Å². The van der Waals surface area contributed by atoms with Gasteiger partial charge in [0.25, 0.3) is 0 Å². The number of nitrogens with one attached hydrogen (secondary N) is 1. The third-order valence-corrected chi connectivity index (χ3v) is 4.72. The number of rotatable bonds is 4. The average molecular weight is 285 g/mol. The molecular formula is C18H27N3. The van der Waals surface area contributed by atoms with E-state index in [2.05, 4.69) is 46.1 Å². The van der Waals surface area contributed by atoms with Crippen LogP contribution in [0.1, 0.15) is 50.8 Å². The van der Waals surface area contributed by atoms with Crippen molar-refractivity contribution in [1.82, 2.24) is 14.9 Å². The summed E-state index contributed by atoms with van der Waals surface area (Å²) in [6, 6.07) is 9.15. The van der Waals surface area contributed by atoms with Crippen molar-refractivity contribution in [3.8, 4) is 0 Å². The quantitative estimate of drug-likeness (QED) is 0.918. The maximum Gasteiger partial charge on any atom is 0.106 e. The van der Waals surface area contributed by atoms with Crippen molar-refractivity contribution in [2.75, 3.05) is 6.54 Å². The fourth-order valence-corrected chi connectivity index (χ4v) is 3.52. The minimum absolute atomic E-state index is 0.723. The van der Waals surface area contributed by atoms with Crippen molar-refractivity contribution in [2.24, 2.45) is 0 Å². The molecule has 1 fully saturated rings. The highest BCUT2D eigenvalue weighted by atomic mass is 15.1. The molecule has 1 heterocycles. The van der Waals surface area contributed by atoms with Gasteiger partial charge in [0.05, 0.1) is 11.0 Å². The second-order valence-corrected chi connectivity index (χ2v) is 6.30. The summed E-state index contributed by atoms with van der Waals surface area (Å²) in [4.78, 5) is 4.64. The molecule has 2 aromatic rings. The van der Waals surface area contributed by atoms with Crippen LogP contribution in [0, 0.1) is 6.92 Å². The molecule has 21 heavy (non-hydrogen) atoms. The van der Waals surface area contributed by atoms with E-state index in [4.69, 9.17) is 0 Å². The molecule has 0 saturated heterocycles. The summed E-state index contributed by atoms with van der Waals surface area (Å²) in [6.07, 6.45) is 9.77. The Labute approximate surface area is 127 Å². The van der Waals surface area contributed by atoms with Crippen LogP contribution in [0.15, 0.2) is 24.3 Å². The molecule has 0 radical (unpaired) electrons. The van der Waals surface area contributed by atoms with Gasteiger partial charge < -0.3 is 9.88 Å². The molecule has 3 rings (SSSR count). The van der Waals surface area contributed by atoms with Gasteiger partial charge in [-0.2, -0.15) is 0 Å². The van der Waals surface area contributed by atoms with Gasteiger partial charge in [0.1, 0.15) is 5.82 Å². The van der Waals surface area contributed by atoms with Crippen LogP contribution < -0.4 is 5.32 Å². The summed E-state index contributed by atoms with van der Waals surface area (Å²) in [5.74, 6) is 1.12. The van der Waals surface area contributed by atoms with Crippen LogP contribution in [-0.2, 0) is 6.54 Å². The van der Waals surface area contributed by atoms with Crippen LogP contribution in [-0.4, -0.2) is 22.1 Å². The van der Waals surface area contributed by atoms with E-state index in [-0.39, 0.29) is 0 Å². The van der Waals surface area contributed by atoms with Crippen molar-refractivity contribution in [3.63, 3.8) is 0 Å². The van der Waals surface area contributed by atoms with Crippen LogP contribution in [0.2, 0.25) is 0 Å². The summed E-state index contributed by atoms with van der Waals surface area (Å²) in [7, 11) is 0. The Bertz CT molecular complexity index is 565. The van der Waals surface area contributed by atoms with E-state index in [0.717, 1.165) is 30.5 Å². The van der Waals surface area contributed by atoms with Crippen LogP contribution in [0.4, 0.5) is 0 Å². The summed E-state index contributed by atoms with van der Waals surface area (Å²) in [5.41, 5.74) is 2.37. The molecule has 0 aliphatic heterocycles. The molecule has 1 N–H and O–H groups in total. The summed E-state index contributed by atoms with van der Waals surface area (Å²) in [6.45, 7) is 4.17. The van der Waals surface area contributed by atoms with Crippen LogP contribution in [0.5, 0.6) is 0 Å². The molecule has 3 nitrogen and oxygen atoms in total. The lowest BCUT2D eigenvalue weighted by molar-refractivity contribution is 0.384. The Morgan fingerprint density at radius 2 is 1.81 bits per heavy atom. The Morgan fingerprint density at radius 3 is 2.62 bits per heavy atom. The van der Waals surface area contributed by atoms with Gasteiger partial charge in [-0.1, -0.05) is 44.2 Å². The van der Waals surface area contributed by atoms with Gasteiger partial charge in [-0.05, 0) is 31.9 Å². The third kappa shape index (κ3) is 3.65. The Balaban J connectivity index is 1.57. The van der Waals surface area contributed by atoms with Crippen LogP contribution >= 0.6 is 0 Å². The van der Waals surface area contributed by atoms with E-state index in [9.17, 15) is 0 Å². The number of hydrogen-bond acceptors (Lipinski definition) is 2. The van der Waals surface area contributed by atoms with Crippen molar-refractivity contribution in [3.05, 3.63) is 30.1 Å². The van der Waals surface area contributed by atoms with E-state index in [1.165, 1.54) is 50.5 Å². The van der Waals surface area contributed by atoms with Gasteiger partial charge in [0, 0.05) is 19.1 Å². The normalized spacial score (nSPS) is 17.8. The molecular weight excluding hydrogens is 258 g/mol. The molecule has 114 valence electrons. The fourth-order valence-electron chi connectivity index (χ4n) is 3.52. The summed E-state index contributed by atoms with van der Waals surface area (Å²) in [5, 5.41) is 3.77.